The number of likely N-dealkylation sites (N-methyl/N-ethyl adjacent to an activating group) is 1. The van der Waals surface area contributed by atoms with Crippen molar-refractivity contribution in [1.29, 1.82) is 0 Å². The number of fused-ring (bicyclic) bond motifs is 1. The summed E-state index contributed by atoms with van der Waals surface area (Å²) >= 11 is 1.38. The van der Waals surface area contributed by atoms with E-state index in [2.05, 4.69) is 9.59 Å². The predicted molar refractivity (Wildman–Crippen MR) is 85.3 cm³/mol. The molecule has 1 aliphatic heterocycles. The molecule has 3 rings (SSSR count). The maximum atomic E-state index is 12.6. The van der Waals surface area contributed by atoms with E-state index < -0.39 is 0 Å². The molecule has 2 heterocycles. The molecule has 1 aliphatic rings. The molecule has 0 aliphatic carbocycles. The first kappa shape index (κ1) is 14.9. The molecular formula is C15H18N4O2S. The summed E-state index contributed by atoms with van der Waals surface area (Å²) in [5.41, 5.74) is 1.78. The normalized spacial score (nSPS) is 13.9. The lowest BCUT2D eigenvalue weighted by molar-refractivity contribution is -0.119. The van der Waals surface area contributed by atoms with Crippen LogP contribution in [0.5, 0.6) is 5.75 Å². The van der Waals surface area contributed by atoms with Crippen molar-refractivity contribution in [1.82, 2.24) is 14.5 Å². The van der Waals surface area contributed by atoms with Crippen molar-refractivity contribution in [3.63, 3.8) is 0 Å². The molecule has 1 amide bonds. The first-order valence-electron chi connectivity index (χ1n) is 7.13. The van der Waals surface area contributed by atoms with Crippen LogP contribution in [0, 0.1) is 6.92 Å². The Morgan fingerprint density at radius 1 is 1.45 bits per heavy atom. The fourth-order valence-corrected chi connectivity index (χ4v) is 3.15. The Hall–Kier alpha value is -1.99. The maximum absolute atomic E-state index is 12.6. The lowest BCUT2D eigenvalue weighted by Gasteiger charge is -2.30. The van der Waals surface area contributed by atoms with Gasteiger partial charge in [-0.15, -0.1) is 5.10 Å². The topological polar surface area (TPSA) is 58.6 Å². The minimum Gasteiger partial charge on any atom is -0.490 e. The average Bonchev–Trinajstić information content (AvgIpc) is 2.91. The van der Waals surface area contributed by atoms with E-state index in [9.17, 15) is 4.79 Å². The second-order valence-electron chi connectivity index (χ2n) is 5.32. The zero-order valence-electron chi connectivity index (χ0n) is 12.7. The number of carbonyl (C=O) groups excluding carboxylic acids is 1. The van der Waals surface area contributed by atoms with Gasteiger partial charge < -0.3 is 9.64 Å². The van der Waals surface area contributed by atoms with Crippen LogP contribution in [0.25, 0.3) is 0 Å². The van der Waals surface area contributed by atoms with Crippen molar-refractivity contribution < 1.29 is 9.53 Å². The van der Waals surface area contributed by atoms with Gasteiger partial charge in [-0.1, -0.05) is 16.6 Å². The van der Waals surface area contributed by atoms with Crippen LogP contribution in [-0.4, -0.2) is 47.1 Å². The van der Waals surface area contributed by atoms with Crippen LogP contribution in [0.3, 0.4) is 0 Å². The Morgan fingerprint density at radius 2 is 2.27 bits per heavy atom. The molecule has 116 valence electrons. The van der Waals surface area contributed by atoms with Gasteiger partial charge in [0.2, 0.25) is 5.91 Å². The van der Waals surface area contributed by atoms with Crippen LogP contribution >= 0.6 is 11.5 Å². The van der Waals surface area contributed by atoms with E-state index >= 15 is 0 Å². The van der Waals surface area contributed by atoms with Gasteiger partial charge in [0.15, 0.2) is 0 Å². The zero-order chi connectivity index (χ0) is 15.5. The highest BCUT2D eigenvalue weighted by Gasteiger charge is 2.24. The molecule has 2 aromatic rings. The monoisotopic (exact) mass is 318 g/mol. The molecule has 0 fully saturated rings. The number of hydrogen-bond donors (Lipinski definition) is 0. The summed E-state index contributed by atoms with van der Waals surface area (Å²) in [4.78, 5) is 17.5. The summed E-state index contributed by atoms with van der Waals surface area (Å²) in [6.45, 7) is 4.09. The number of nitrogens with zero attached hydrogens (tertiary/aromatic N) is 4. The molecule has 0 saturated heterocycles. The number of para-hydroxylation sites is 2. The number of rotatable bonds is 4. The van der Waals surface area contributed by atoms with Crippen LogP contribution in [-0.2, 0) is 11.3 Å². The van der Waals surface area contributed by atoms with Crippen LogP contribution in [0.15, 0.2) is 24.3 Å². The number of aromatic nitrogens is 2. The van der Waals surface area contributed by atoms with Gasteiger partial charge in [0, 0.05) is 6.54 Å². The van der Waals surface area contributed by atoms with Gasteiger partial charge in [-0.05, 0) is 37.6 Å². The van der Waals surface area contributed by atoms with Crippen LogP contribution in [0.4, 0.5) is 5.69 Å². The van der Waals surface area contributed by atoms with Gasteiger partial charge in [-0.2, -0.15) is 0 Å². The molecule has 6 nitrogen and oxygen atoms in total. The molecule has 0 saturated carbocycles. The Bertz CT molecular complexity index is 673. The van der Waals surface area contributed by atoms with E-state index in [4.69, 9.17) is 4.74 Å². The maximum Gasteiger partial charge on any atom is 0.241 e. The van der Waals surface area contributed by atoms with E-state index in [-0.39, 0.29) is 5.91 Å². The minimum absolute atomic E-state index is 0.0772. The molecule has 0 bridgehead atoms. The quantitative estimate of drug-likeness (QED) is 0.859. The summed E-state index contributed by atoms with van der Waals surface area (Å²) < 4.78 is 9.51. The van der Waals surface area contributed by atoms with Crippen molar-refractivity contribution in [2.75, 3.05) is 31.6 Å². The molecule has 1 aromatic heterocycles. The molecule has 1 aromatic carbocycles. The van der Waals surface area contributed by atoms with Crippen molar-refractivity contribution in [3.05, 3.63) is 34.8 Å². The molecule has 22 heavy (non-hydrogen) atoms. The average molecular weight is 318 g/mol. The summed E-state index contributed by atoms with van der Waals surface area (Å²) in [6, 6.07) is 7.65. The lowest BCUT2D eigenvalue weighted by atomic mass is 10.2. The third kappa shape index (κ3) is 3.10. The smallest absolute Gasteiger partial charge is 0.241 e. The second-order valence-corrected chi connectivity index (χ2v) is 6.15. The van der Waals surface area contributed by atoms with E-state index in [1.807, 2.05) is 43.1 Å². The lowest BCUT2D eigenvalue weighted by Crippen LogP contribution is -2.43. The number of ether oxygens (including phenoxy) is 1. The number of amides is 1. The molecule has 0 spiro atoms. The molecule has 0 N–H and O–H groups in total. The van der Waals surface area contributed by atoms with Crippen LogP contribution in [0.2, 0.25) is 0 Å². The summed E-state index contributed by atoms with van der Waals surface area (Å²) in [6.07, 6.45) is 0. The van der Waals surface area contributed by atoms with Crippen molar-refractivity contribution in [2.24, 2.45) is 0 Å². The van der Waals surface area contributed by atoms with Crippen molar-refractivity contribution in [3.8, 4) is 5.75 Å². The summed E-state index contributed by atoms with van der Waals surface area (Å²) in [5, 5.41) is 4.00. The molecular weight excluding hydrogens is 300 g/mol. The largest absolute Gasteiger partial charge is 0.490 e. The van der Waals surface area contributed by atoms with E-state index in [0.717, 1.165) is 22.0 Å². The summed E-state index contributed by atoms with van der Waals surface area (Å²) in [5.74, 6) is 0.848. The van der Waals surface area contributed by atoms with E-state index in [1.165, 1.54) is 11.5 Å². The number of benzene rings is 1. The highest BCUT2D eigenvalue weighted by Crippen LogP contribution is 2.31. The number of anilines is 1. The fourth-order valence-electron chi connectivity index (χ4n) is 2.44. The van der Waals surface area contributed by atoms with Gasteiger partial charge in [0.25, 0.3) is 0 Å². The van der Waals surface area contributed by atoms with Crippen LogP contribution in [0.1, 0.15) is 10.6 Å². The zero-order valence-corrected chi connectivity index (χ0v) is 13.5. The Morgan fingerprint density at radius 3 is 3.05 bits per heavy atom. The standard InChI is InChI=1S/C15H18N4O2S/c1-11-14(22-17-16-11)9-18(2)10-15(20)19-7-8-21-13-6-4-3-5-12(13)19/h3-6H,7-10H2,1-2H3. The molecule has 0 radical (unpaired) electrons. The number of aryl methyl sites for hydroxylation is 1. The van der Waals surface area contributed by atoms with Gasteiger partial charge in [0.1, 0.15) is 12.4 Å². The number of carbonyl (C=O) groups is 1. The fraction of sp³-hybridized carbons (Fsp3) is 0.400. The van der Waals surface area contributed by atoms with Gasteiger partial charge in [0.05, 0.1) is 29.3 Å². The third-order valence-corrected chi connectivity index (χ3v) is 4.40. The van der Waals surface area contributed by atoms with E-state index in [0.29, 0.717) is 26.2 Å². The second kappa shape index (κ2) is 6.41. The Kier molecular flexibility index (Phi) is 4.35. The predicted octanol–water partition coefficient (Wildman–Crippen LogP) is 1.70. The van der Waals surface area contributed by atoms with Crippen molar-refractivity contribution in [2.45, 2.75) is 13.5 Å². The first-order valence-corrected chi connectivity index (χ1v) is 7.91. The molecule has 0 unspecified atom stereocenters. The van der Waals surface area contributed by atoms with Gasteiger partial charge >= 0.3 is 0 Å². The SMILES string of the molecule is Cc1nnsc1CN(C)CC(=O)N1CCOc2ccccc21. The highest BCUT2D eigenvalue weighted by atomic mass is 32.1. The first-order chi connectivity index (χ1) is 10.6. The number of hydrogen-bond acceptors (Lipinski definition) is 6. The van der Waals surface area contributed by atoms with E-state index in [1.54, 1.807) is 4.90 Å². The molecule has 7 heteroatoms. The Labute approximate surface area is 133 Å². The van der Waals surface area contributed by atoms with Gasteiger partial charge in [-0.25, -0.2) is 0 Å². The Balaban J connectivity index is 1.66. The highest BCUT2D eigenvalue weighted by molar-refractivity contribution is 7.05. The van der Waals surface area contributed by atoms with Gasteiger partial charge in [-0.3, -0.25) is 9.69 Å². The van der Waals surface area contributed by atoms with Crippen molar-refractivity contribution >= 4 is 23.1 Å². The third-order valence-electron chi connectivity index (χ3n) is 3.59. The molecule has 0 atom stereocenters. The van der Waals surface area contributed by atoms with Crippen LogP contribution < -0.4 is 9.64 Å². The minimum atomic E-state index is 0.0772. The summed E-state index contributed by atoms with van der Waals surface area (Å²) in [7, 11) is 1.93.